The number of aromatic nitrogens is 3. The highest BCUT2D eigenvalue weighted by molar-refractivity contribution is 7.18. The van der Waals surface area contributed by atoms with E-state index in [9.17, 15) is 4.39 Å². The zero-order chi connectivity index (χ0) is 17.9. The van der Waals surface area contributed by atoms with Crippen LogP contribution in [0.25, 0.3) is 10.2 Å². The molecule has 2 aromatic heterocycles. The van der Waals surface area contributed by atoms with Crippen molar-refractivity contribution in [1.29, 1.82) is 5.26 Å². The van der Waals surface area contributed by atoms with Crippen molar-refractivity contribution in [2.75, 3.05) is 0 Å². The molecule has 26 heavy (non-hydrogen) atoms. The fourth-order valence-corrected chi connectivity index (χ4v) is 3.80. The van der Waals surface area contributed by atoms with Crippen molar-refractivity contribution in [3.8, 4) is 6.07 Å². The van der Waals surface area contributed by atoms with Crippen LogP contribution in [-0.4, -0.2) is 15.0 Å². The lowest BCUT2D eigenvalue weighted by Gasteiger charge is -2.04. The molecule has 0 saturated carbocycles. The first-order chi connectivity index (χ1) is 12.7. The molecule has 126 valence electrons. The predicted molar refractivity (Wildman–Crippen MR) is 98.4 cm³/mol. The number of hydrogen-bond acceptors (Lipinski definition) is 5. The zero-order valence-corrected chi connectivity index (χ0v) is 14.5. The van der Waals surface area contributed by atoms with Crippen LogP contribution in [0.2, 0.25) is 0 Å². The number of thiazole rings is 1. The standard InChI is InChI=1S/C20H13FN4S/c21-20-23-15(8-13-4-2-1-3-5-13)10-16(24-20)11-19-25-17-7-6-14(12-22)9-18(17)26-19/h1-7,9-10H,8,11H2. The van der Waals surface area contributed by atoms with Crippen LogP contribution in [-0.2, 0) is 12.8 Å². The number of nitrogens with zero attached hydrogens (tertiary/aromatic N) is 4. The van der Waals surface area contributed by atoms with Crippen molar-refractivity contribution in [2.24, 2.45) is 0 Å². The van der Waals surface area contributed by atoms with Crippen LogP contribution >= 0.6 is 11.3 Å². The summed E-state index contributed by atoms with van der Waals surface area (Å²) in [5.74, 6) is 0. The molecule has 0 aliphatic rings. The lowest BCUT2D eigenvalue weighted by molar-refractivity contribution is 0.527. The maximum Gasteiger partial charge on any atom is 0.309 e. The first-order valence-electron chi connectivity index (χ1n) is 8.05. The van der Waals surface area contributed by atoms with E-state index >= 15 is 0 Å². The third-order valence-corrected chi connectivity index (χ3v) is 4.95. The molecule has 0 atom stereocenters. The Labute approximate surface area is 153 Å². The van der Waals surface area contributed by atoms with Crippen molar-refractivity contribution >= 4 is 21.6 Å². The van der Waals surface area contributed by atoms with Crippen molar-refractivity contribution in [1.82, 2.24) is 15.0 Å². The molecule has 0 spiro atoms. The number of benzene rings is 2. The molecule has 2 heterocycles. The Bertz CT molecular complexity index is 1120. The lowest BCUT2D eigenvalue weighted by atomic mass is 10.1. The van der Waals surface area contributed by atoms with Gasteiger partial charge in [-0.2, -0.15) is 9.65 Å². The predicted octanol–water partition coefficient (Wildman–Crippen LogP) is 4.28. The summed E-state index contributed by atoms with van der Waals surface area (Å²) in [5.41, 5.74) is 3.75. The van der Waals surface area contributed by atoms with Gasteiger partial charge >= 0.3 is 6.08 Å². The van der Waals surface area contributed by atoms with E-state index in [1.165, 1.54) is 11.3 Å². The average molecular weight is 360 g/mol. The van der Waals surface area contributed by atoms with Crippen molar-refractivity contribution in [2.45, 2.75) is 12.8 Å². The molecular weight excluding hydrogens is 347 g/mol. The summed E-state index contributed by atoms with van der Waals surface area (Å²) in [4.78, 5) is 12.4. The topological polar surface area (TPSA) is 62.5 Å². The quantitative estimate of drug-likeness (QED) is 0.510. The van der Waals surface area contributed by atoms with E-state index in [0.29, 0.717) is 29.8 Å². The molecule has 0 aliphatic carbocycles. The van der Waals surface area contributed by atoms with Crippen LogP contribution in [0, 0.1) is 17.4 Å². The lowest BCUT2D eigenvalue weighted by Crippen LogP contribution is -2.02. The third kappa shape index (κ3) is 3.58. The SMILES string of the molecule is N#Cc1ccc2nc(Cc3cc(Cc4ccccc4)nc(F)n3)sc2c1. The highest BCUT2D eigenvalue weighted by atomic mass is 32.1. The van der Waals surface area contributed by atoms with Crippen LogP contribution in [0.4, 0.5) is 4.39 Å². The first kappa shape index (κ1) is 16.3. The Morgan fingerprint density at radius 3 is 2.46 bits per heavy atom. The summed E-state index contributed by atoms with van der Waals surface area (Å²) in [6.07, 6.45) is 0.266. The first-order valence-corrected chi connectivity index (χ1v) is 8.87. The second kappa shape index (κ2) is 6.98. The molecule has 0 unspecified atom stereocenters. The largest absolute Gasteiger partial charge is 0.309 e. The minimum atomic E-state index is -0.721. The van der Waals surface area contributed by atoms with Gasteiger partial charge in [0.1, 0.15) is 0 Å². The fraction of sp³-hybridized carbons (Fsp3) is 0.100. The number of halogens is 1. The summed E-state index contributed by atoms with van der Waals surface area (Å²) < 4.78 is 14.8. The summed E-state index contributed by atoms with van der Waals surface area (Å²) >= 11 is 1.49. The van der Waals surface area contributed by atoms with E-state index in [0.717, 1.165) is 20.8 Å². The summed E-state index contributed by atoms with van der Waals surface area (Å²) in [7, 11) is 0. The monoisotopic (exact) mass is 360 g/mol. The van der Waals surface area contributed by atoms with Crippen LogP contribution in [0.5, 0.6) is 0 Å². The Morgan fingerprint density at radius 2 is 1.69 bits per heavy atom. The van der Waals surface area contributed by atoms with E-state index < -0.39 is 6.08 Å². The van der Waals surface area contributed by atoms with Gasteiger partial charge < -0.3 is 0 Å². The van der Waals surface area contributed by atoms with Gasteiger partial charge in [-0.05, 0) is 29.8 Å². The van der Waals surface area contributed by atoms with Gasteiger partial charge in [-0.25, -0.2) is 15.0 Å². The highest BCUT2D eigenvalue weighted by Crippen LogP contribution is 2.25. The number of fused-ring (bicyclic) bond motifs is 1. The third-order valence-electron chi connectivity index (χ3n) is 3.93. The molecule has 6 heteroatoms. The molecule has 2 aromatic carbocycles. The molecule has 0 radical (unpaired) electrons. The van der Waals surface area contributed by atoms with Gasteiger partial charge in [0.05, 0.1) is 38.2 Å². The van der Waals surface area contributed by atoms with Gasteiger partial charge in [-0.15, -0.1) is 11.3 Å². The Morgan fingerprint density at radius 1 is 0.923 bits per heavy atom. The molecule has 0 N–H and O–H groups in total. The molecule has 0 fully saturated rings. The number of rotatable bonds is 4. The van der Waals surface area contributed by atoms with Gasteiger partial charge in [-0.1, -0.05) is 30.3 Å². The van der Waals surface area contributed by atoms with Gasteiger partial charge in [0.25, 0.3) is 0 Å². The van der Waals surface area contributed by atoms with Crippen molar-refractivity contribution in [3.63, 3.8) is 0 Å². The van der Waals surface area contributed by atoms with Gasteiger partial charge in [0.2, 0.25) is 0 Å². The molecule has 4 rings (SSSR count). The van der Waals surface area contributed by atoms with E-state index in [2.05, 4.69) is 21.0 Å². The van der Waals surface area contributed by atoms with E-state index in [1.54, 1.807) is 6.07 Å². The summed E-state index contributed by atoms with van der Waals surface area (Å²) in [5, 5.41) is 9.83. The van der Waals surface area contributed by atoms with E-state index in [-0.39, 0.29) is 0 Å². The van der Waals surface area contributed by atoms with E-state index in [4.69, 9.17) is 5.26 Å². The Hall–Kier alpha value is -3.17. The van der Waals surface area contributed by atoms with Crippen LogP contribution in [0.3, 0.4) is 0 Å². The van der Waals surface area contributed by atoms with Crippen LogP contribution < -0.4 is 0 Å². The Kier molecular flexibility index (Phi) is 4.38. The second-order valence-corrected chi connectivity index (χ2v) is 6.98. The number of hydrogen-bond donors (Lipinski definition) is 0. The second-order valence-electron chi connectivity index (χ2n) is 5.86. The van der Waals surface area contributed by atoms with Gasteiger partial charge in [0, 0.05) is 12.8 Å². The van der Waals surface area contributed by atoms with Gasteiger partial charge in [-0.3, -0.25) is 0 Å². The van der Waals surface area contributed by atoms with Gasteiger partial charge in [0.15, 0.2) is 0 Å². The maximum atomic E-state index is 13.9. The van der Waals surface area contributed by atoms with Crippen molar-refractivity contribution in [3.05, 3.63) is 88.2 Å². The molecule has 0 bridgehead atoms. The minimum Gasteiger partial charge on any atom is -0.241 e. The molecule has 4 aromatic rings. The van der Waals surface area contributed by atoms with Crippen molar-refractivity contribution < 1.29 is 4.39 Å². The molecule has 0 amide bonds. The Balaban J connectivity index is 1.61. The average Bonchev–Trinajstić information content (AvgIpc) is 3.03. The normalized spacial score (nSPS) is 10.8. The van der Waals surface area contributed by atoms with E-state index in [1.807, 2.05) is 48.5 Å². The molecule has 0 saturated heterocycles. The smallest absolute Gasteiger partial charge is 0.241 e. The van der Waals surface area contributed by atoms with Crippen LogP contribution in [0.1, 0.15) is 27.5 Å². The molecular formula is C20H13FN4S. The minimum absolute atomic E-state index is 0.433. The van der Waals surface area contributed by atoms with Crippen LogP contribution in [0.15, 0.2) is 54.6 Å². The fourth-order valence-electron chi connectivity index (χ4n) is 2.78. The summed E-state index contributed by atoms with van der Waals surface area (Å²) in [6, 6.07) is 19.2. The molecule has 0 aliphatic heterocycles. The maximum absolute atomic E-state index is 13.9. The zero-order valence-electron chi connectivity index (χ0n) is 13.7. The molecule has 4 nitrogen and oxygen atoms in total. The summed E-state index contributed by atoms with van der Waals surface area (Å²) in [6.45, 7) is 0. The highest BCUT2D eigenvalue weighted by Gasteiger charge is 2.10. The number of nitriles is 1.